The maximum absolute atomic E-state index is 14.4. The van der Waals surface area contributed by atoms with Crippen LogP contribution in [0.25, 0.3) is 28.0 Å². The number of carbonyl (C=O) groups is 1. The number of fused-ring (bicyclic) bond motifs is 1. The molecule has 0 saturated heterocycles. The molecule has 0 radical (unpaired) electrons. The molecule has 10 nitrogen and oxygen atoms in total. The van der Waals surface area contributed by atoms with E-state index in [0.29, 0.717) is 16.8 Å². The number of halogens is 2. The number of pyridine rings is 1. The summed E-state index contributed by atoms with van der Waals surface area (Å²) >= 11 is 0. The van der Waals surface area contributed by atoms with E-state index in [4.69, 9.17) is 21.9 Å². The summed E-state index contributed by atoms with van der Waals surface area (Å²) in [4.78, 5) is 22.8. The number of rotatable bonds is 9. The number of nitrogens with two attached hydrogens (primary N) is 3. The summed E-state index contributed by atoms with van der Waals surface area (Å²) < 4.78 is 35.0. The Bertz CT molecular complexity index is 1950. The fourth-order valence-electron chi connectivity index (χ4n) is 4.93. The summed E-state index contributed by atoms with van der Waals surface area (Å²) in [6.45, 7) is 3.93. The number of carbonyl (C=O) groups excluding carboxylic acids is 1. The molecule has 2 heterocycles. The number of hydrogen-bond donors (Lipinski definition) is 3. The Labute approximate surface area is 257 Å². The third-order valence-electron chi connectivity index (χ3n) is 6.98. The number of amides is 1. The first-order valence-corrected chi connectivity index (χ1v) is 13.7. The minimum absolute atomic E-state index is 0.0275. The molecular formula is C33H30F2N8O2. The lowest BCUT2D eigenvalue weighted by Gasteiger charge is -2.25. The van der Waals surface area contributed by atoms with Gasteiger partial charge in [-0.25, -0.2) is 28.2 Å². The van der Waals surface area contributed by atoms with Crippen molar-refractivity contribution in [1.29, 1.82) is 0 Å². The normalized spacial score (nSPS) is 11.3. The summed E-state index contributed by atoms with van der Waals surface area (Å²) in [7, 11) is 1.21. The minimum atomic E-state index is -0.798. The van der Waals surface area contributed by atoms with Gasteiger partial charge in [0.05, 0.1) is 31.1 Å². The van der Waals surface area contributed by atoms with Gasteiger partial charge in [-0.2, -0.15) is 5.10 Å². The van der Waals surface area contributed by atoms with Crippen molar-refractivity contribution in [3.63, 3.8) is 0 Å². The van der Waals surface area contributed by atoms with Crippen LogP contribution in [0, 0.1) is 11.6 Å². The highest BCUT2D eigenvalue weighted by atomic mass is 19.1. The van der Waals surface area contributed by atoms with Crippen molar-refractivity contribution in [1.82, 2.24) is 19.7 Å². The summed E-state index contributed by atoms with van der Waals surface area (Å²) in [5.74, 6) is -1.73. The third-order valence-corrected chi connectivity index (χ3v) is 6.98. The predicted molar refractivity (Wildman–Crippen MR) is 169 cm³/mol. The lowest BCUT2D eigenvalue weighted by Crippen LogP contribution is -2.40. The molecule has 0 spiro atoms. The summed E-state index contributed by atoms with van der Waals surface area (Å²) in [5.41, 5.74) is 22.2. The lowest BCUT2D eigenvalue weighted by atomic mass is 9.99. The van der Waals surface area contributed by atoms with E-state index in [2.05, 4.69) is 21.7 Å². The Morgan fingerprint density at radius 1 is 0.978 bits per heavy atom. The second kappa shape index (κ2) is 13.1. The summed E-state index contributed by atoms with van der Waals surface area (Å²) in [6, 6.07) is 24.5. The highest BCUT2D eigenvalue weighted by Crippen LogP contribution is 2.27. The van der Waals surface area contributed by atoms with Crippen molar-refractivity contribution < 1.29 is 18.3 Å². The summed E-state index contributed by atoms with van der Waals surface area (Å²) in [6.07, 6.45) is 0.309. The van der Waals surface area contributed by atoms with Crippen molar-refractivity contribution in [2.45, 2.75) is 13.0 Å². The minimum Gasteiger partial charge on any atom is -0.452 e. The van der Waals surface area contributed by atoms with Crippen LogP contribution in [0.1, 0.15) is 16.8 Å². The van der Waals surface area contributed by atoms with E-state index in [9.17, 15) is 13.6 Å². The van der Waals surface area contributed by atoms with E-state index in [1.165, 1.54) is 23.9 Å². The van der Waals surface area contributed by atoms with Crippen molar-refractivity contribution in [3.8, 4) is 11.1 Å². The number of aliphatic imine (C=N–C) groups is 1. The van der Waals surface area contributed by atoms with Crippen molar-refractivity contribution >= 4 is 28.8 Å². The number of benzene rings is 3. The zero-order valence-corrected chi connectivity index (χ0v) is 24.3. The molecule has 0 atom stereocenters. The zero-order valence-electron chi connectivity index (χ0n) is 24.3. The van der Waals surface area contributed by atoms with E-state index in [1.807, 2.05) is 54.6 Å². The van der Waals surface area contributed by atoms with Crippen LogP contribution in [-0.2, 0) is 17.7 Å². The maximum Gasteiger partial charge on any atom is 0.414 e. The van der Waals surface area contributed by atoms with Gasteiger partial charge in [-0.15, -0.1) is 0 Å². The first-order chi connectivity index (χ1) is 21.7. The largest absolute Gasteiger partial charge is 0.452 e. The number of methoxy groups -OCH3 is 1. The average molecular weight is 609 g/mol. The zero-order chi connectivity index (χ0) is 32.1. The van der Waals surface area contributed by atoms with Crippen molar-refractivity contribution in [2.75, 3.05) is 7.11 Å². The van der Waals surface area contributed by atoms with Gasteiger partial charge in [0.2, 0.25) is 0 Å². The SMILES string of the molecule is C=C(N=C(N)C(=C(N)N)N(Cc1ccccc1-c1ccccc1)C(=O)OC)n1nc(Cc2ccccc2F)c2ncc(F)cc21. The molecule has 0 aliphatic carbocycles. The molecule has 228 valence electrons. The molecule has 6 N–H and O–H groups in total. The van der Waals surface area contributed by atoms with E-state index in [-0.39, 0.29) is 41.7 Å². The van der Waals surface area contributed by atoms with Gasteiger partial charge in [0.15, 0.2) is 5.84 Å². The quantitative estimate of drug-likeness (QED) is 0.155. The number of amidine groups is 1. The molecule has 2 aromatic heterocycles. The molecule has 3 aromatic carbocycles. The van der Waals surface area contributed by atoms with Crippen LogP contribution in [-0.4, -0.2) is 38.7 Å². The van der Waals surface area contributed by atoms with Crippen LogP contribution in [0.2, 0.25) is 0 Å². The van der Waals surface area contributed by atoms with Gasteiger partial charge in [-0.3, -0.25) is 4.90 Å². The van der Waals surface area contributed by atoms with E-state index >= 15 is 0 Å². The topological polar surface area (TPSA) is 151 Å². The Balaban J connectivity index is 1.53. The van der Waals surface area contributed by atoms with Crippen LogP contribution in [0.3, 0.4) is 0 Å². The number of nitrogens with zero attached hydrogens (tertiary/aromatic N) is 5. The highest BCUT2D eigenvalue weighted by molar-refractivity contribution is 6.02. The Morgan fingerprint density at radius 3 is 2.33 bits per heavy atom. The second-order valence-corrected chi connectivity index (χ2v) is 9.94. The molecule has 0 bridgehead atoms. The van der Waals surface area contributed by atoms with Gasteiger partial charge in [0.25, 0.3) is 0 Å². The molecule has 12 heteroatoms. The summed E-state index contributed by atoms with van der Waals surface area (Å²) in [5, 5.41) is 4.51. The fourth-order valence-corrected chi connectivity index (χ4v) is 4.93. The standard InChI is InChI=1S/C33H30F2N8O2/c1-20(43-28-17-24(34)18-39-29(28)27(41-43)16-22-12-7-9-15-26(22)35)40-32(38)30(31(36)37)42(33(44)45-2)19-23-13-6-8-14-25(23)21-10-4-3-5-11-21/h3-15,17-18H,1,16,19,36-37H2,2H3,(H2,38,40). The van der Waals surface area contributed by atoms with Crippen molar-refractivity contribution in [3.05, 3.63) is 138 Å². The maximum atomic E-state index is 14.4. The number of aromatic nitrogens is 3. The molecule has 0 aliphatic heterocycles. The molecule has 0 fully saturated rings. The molecule has 0 saturated carbocycles. The van der Waals surface area contributed by atoms with Gasteiger partial charge in [0, 0.05) is 12.5 Å². The van der Waals surface area contributed by atoms with E-state index < -0.39 is 17.7 Å². The van der Waals surface area contributed by atoms with E-state index in [1.54, 1.807) is 18.2 Å². The molecule has 5 aromatic rings. The smallest absolute Gasteiger partial charge is 0.414 e. The first kappa shape index (κ1) is 30.4. The van der Waals surface area contributed by atoms with Crippen LogP contribution < -0.4 is 17.2 Å². The second-order valence-electron chi connectivity index (χ2n) is 9.94. The Morgan fingerprint density at radius 2 is 1.64 bits per heavy atom. The van der Waals surface area contributed by atoms with Gasteiger partial charge < -0.3 is 21.9 Å². The monoisotopic (exact) mass is 608 g/mol. The van der Waals surface area contributed by atoms with Crippen LogP contribution in [0.5, 0.6) is 0 Å². The fraction of sp³-hybridized carbons (Fsp3) is 0.0909. The van der Waals surface area contributed by atoms with Gasteiger partial charge in [-0.1, -0.05) is 79.4 Å². The van der Waals surface area contributed by atoms with Gasteiger partial charge in [-0.05, 0) is 28.3 Å². The predicted octanol–water partition coefficient (Wildman–Crippen LogP) is 5.11. The lowest BCUT2D eigenvalue weighted by molar-refractivity contribution is 0.135. The molecular weight excluding hydrogens is 578 g/mol. The first-order valence-electron chi connectivity index (χ1n) is 13.7. The van der Waals surface area contributed by atoms with Crippen LogP contribution in [0.4, 0.5) is 13.6 Å². The molecule has 45 heavy (non-hydrogen) atoms. The highest BCUT2D eigenvalue weighted by Gasteiger charge is 2.26. The van der Waals surface area contributed by atoms with Crippen molar-refractivity contribution in [2.24, 2.45) is 22.2 Å². The van der Waals surface area contributed by atoms with Crippen LogP contribution >= 0.6 is 0 Å². The van der Waals surface area contributed by atoms with Gasteiger partial charge >= 0.3 is 6.09 Å². The number of hydrogen-bond acceptors (Lipinski definition) is 7. The van der Waals surface area contributed by atoms with Gasteiger partial charge in [0.1, 0.15) is 34.5 Å². The Hall–Kier alpha value is -6.04. The third kappa shape index (κ3) is 6.49. The Kier molecular flexibility index (Phi) is 8.84. The molecule has 1 amide bonds. The molecule has 0 unspecified atom stereocenters. The average Bonchev–Trinajstić information content (AvgIpc) is 3.39. The molecule has 5 rings (SSSR count). The number of ether oxygens (including phenoxy) is 1. The van der Waals surface area contributed by atoms with Crippen LogP contribution in [0.15, 0.2) is 114 Å². The molecule has 0 aliphatic rings. The van der Waals surface area contributed by atoms with E-state index in [0.717, 1.165) is 27.8 Å².